The summed E-state index contributed by atoms with van der Waals surface area (Å²) in [6.45, 7) is 6.90. The summed E-state index contributed by atoms with van der Waals surface area (Å²) in [5, 5.41) is 20.8. The highest BCUT2D eigenvalue weighted by molar-refractivity contribution is 5.81. The molecule has 3 N–H and O–H groups in total. The van der Waals surface area contributed by atoms with Crippen molar-refractivity contribution in [3.8, 4) is 5.88 Å². The molecule has 0 amide bonds. The molecule has 3 rings (SSSR count). The smallest absolute Gasteiger partial charge is 0.331 e. The number of hydrogen-bond acceptors (Lipinski definition) is 5. The van der Waals surface area contributed by atoms with Gasteiger partial charge in [0.15, 0.2) is 0 Å². The van der Waals surface area contributed by atoms with Gasteiger partial charge in [0.2, 0.25) is 5.88 Å². The van der Waals surface area contributed by atoms with Gasteiger partial charge in [0.05, 0.1) is 12.6 Å². The molecule has 0 radical (unpaired) electrons. The Hall–Kier alpha value is -2.67. The van der Waals surface area contributed by atoms with E-state index in [0.717, 1.165) is 23.0 Å². The largest absolute Gasteiger partial charge is 0.494 e. The third-order valence-corrected chi connectivity index (χ3v) is 5.51. The summed E-state index contributed by atoms with van der Waals surface area (Å²) in [6, 6.07) is 9.21. The fourth-order valence-corrected chi connectivity index (χ4v) is 4.66. The minimum absolute atomic E-state index is 0.0183. The Kier molecular flexibility index (Phi) is 5.80. The lowest BCUT2D eigenvalue weighted by Gasteiger charge is -2.44. The van der Waals surface area contributed by atoms with Crippen molar-refractivity contribution < 1.29 is 10.2 Å². The lowest BCUT2D eigenvalue weighted by molar-refractivity contribution is -0.00472. The van der Waals surface area contributed by atoms with Crippen molar-refractivity contribution in [3.05, 3.63) is 62.3 Å². The van der Waals surface area contributed by atoms with Crippen LogP contribution in [0.3, 0.4) is 0 Å². The van der Waals surface area contributed by atoms with Gasteiger partial charge >= 0.3 is 5.69 Å². The molecule has 0 saturated heterocycles. The van der Waals surface area contributed by atoms with E-state index in [1.807, 2.05) is 30.3 Å². The van der Waals surface area contributed by atoms with Crippen molar-refractivity contribution in [1.29, 1.82) is 0 Å². The lowest BCUT2D eigenvalue weighted by Crippen LogP contribution is -2.40. The predicted octanol–water partition coefficient (Wildman–Crippen LogP) is 2.29. The summed E-state index contributed by atoms with van der Waals surface area (Å²) in [6.07, 6.45) is 3.27. The van der Waals surface area contributed by atoms with Gasteiger partial charge in [-0.1, -0.05) is 51.1 Å². The van der Waals surface area contributed by atoms with Gasteiger partial charge < -0.3 is 10.2 Å². The molecule has 7 heteroatoms. The first-order valence-electron chi connectivity index (χ1n) is 9.87. The van der Waals surface area contributed by atoms with E-state index in [9.17, 15) is 19.8 Å². The van der Waals surface area contributed by atoms with Crippen LogP contribution in [0.25, 0.3) is 0 Å². The Morgan fingerprint density at radius 1 is 1.21 bits per heavy atom. The fourth-order valence-electron chi connectivity index (χ4n) is 4.66. The maximum Gasteiger partial charge on any atom is 0.331 e. The number of benzene rings is 1. The molecule has 1 aliphatic rings. The second-order valence-electron chi connectivity index (χ2n) is 9.25. The van der Waals surface area contributed by atoms with Crippen LogP contribution in [-0.4, -0.2) is 38.6 Å². The number of aliphatic hydroxyl groups is 1. The van der Waals surface area contributed by atoms with Gasteiger partial charge in [-0.3, -0.25) is 19.3 Å². The van der Waals surface area contributed by atoms with Crippen LogP contribution in [0, 0.1) is 10.8 Å². The highest BCUT2D eigenvalue weighted by Crippen LogP contribution is 2.46. The number of aromatic amines is 1. The molecular weight excluding hydrogens is 370 g/mol. The van der Waals surface area contributed by atoms with E-state index in [2.05, 4.69) is 30.7 Å². The van der Waals surface area contributed by atoms with E-state index in [0.29, 0.717) is 13.0 Å². The molecule has 1 heterocycles. The number of hydrogen-bond donors (Lipinski definition) is 3. The number of H-pyrrole nitrogens is 1. The first-order chi connectivity index (χ1) is 13.6. The summed E-state index contributed by atoms with van der Waals surface area (Å²) in [7, 11) is 0. The van der Waals surface area contributed by atoms with Gasteiger partial charge in [-0.2, -0.15) is 0 Å². The van der Waals surface area contributed by atoms with Crippen molar-refractivity contribution in [3.63, 3.8) is 0 Å². The zero-order valence-electron chi connectivity index (χ0n) is 17.2. The maximum absolute atomic E-state index is 12.2. The van der Waals surface area contributed by atoms with Gasteiger partial charge in [0.1, 0.15) is 5.56 Å². The highest BCUT2D eigenvalue weighted by atomic mass is 16.3. The Labute approximate surface area is 169 Å². The summed E-state index contributed by atoms with van der Waals surface area (Å²) in [5.74, 6) is -0.402. The van der Waals surface area contributed by atoms with Gasteiger partial charge in [0.25, 0.3) is 5.56 Å². The van der Waals surface area contributed by atoms with E-state index in [4.69, 9.17) is 0 Å². The topological polar surface area (TPSA) is 108 Å². The van der Waals surface area contributed by atoms with E-state index >= 15 is 0 Å². The molecule has 1 aromatic carbocycles. The molecular formula is C22H29N3O4. The first kappa shape index (κ1) is 21.0. The quantitative estimate of drug-likeness (QED) is 0.671. The molecule has 1 aromatic heterocycles. The molecule has 2 atom stereocenters. The molecule has 0 unspecified atom stereocenters. The minimum Gasteiger partial charge on any atom is -0.494 e. The van der Waals surface area contributed by atoms with Gasteiger partial charge in [-0.05, 0) is 35.7 Å². The number of rotatable bonds is 5. The number of aromatic nitrogens is 2. The third-order valence-electron chi connectivity index (χ3n) is 5.51. The number of nitrogens with zero attached hydrogens (tertiary/aromatic N) is 2. The van der Waals surface area contributed by atoms with Crippen LogP contribution in [-0.2, 0) is 6.54 Å². The van der Waals surface area contributed by atoms with E-state index in [1.54, 1.807) is 0 Å². The molecule has 0 aliphatic heterocycles. The summed E-state index contributed by atoms with van der Waals surface area (Å²) in [5.41, 5.74) is -0.735. The van der Waals surface area contributed by atoms with Crippen LogP contribution in [0.15, 0.2) is 44.9 Å². The van der Waals surface area contributed by atoms with Crippen molar-refractivity contribution in [2.75, 3.05) is 6.54 Å². The molecule has 0 spiro atoms. The predicted molar refractivity (Wildman–Crippen MR) is 113 cm³/mol. The zero-order valence-corrected chi connectivity index (χ0v) is 17.2. The van der Waals surface area contributed by atoms with Crippen molar-refractivity contribution >= 4 is 6.21 Å². The van der Waals surface area contributed by atoms with E-state index in [1.165, 1.54) is 6.21 Å². The van der Waals surface area contributed by atoms with Gasteiger partial charge in [0, 0.05) is 12.8 Å². The molecule has 1 aliphatic carbocycles. The number of aromatic hydroxyl groups is 1. The Bertz CT molecular complexity index is 1010. The Morgan fingerprint density at radius 2 is 1.90 bits per heavy atom. The van der Waals surface area contributed by atoms with Crippen molar-refractivity contribution in [2.24, 2.45) is 15.8 Å². The van der Waals surface area contributed by atoms with Crippen LogP contribution < -0.4 is 11.2 Å². The normalized spacial score (nSPS) is 24.1. The second-order valence-corrected chi connectivity index (χ2v) is 9.25. The maximum atomic E-state index is 12.2. The van der Waals surface area contributed by atoms with Crippen molar-refractivity contribution in [1.82, 2.24) is 9.55 Å². The van der Waals surface area contributed by atoms with Crippen LogP contribution in [0.2, 0.25) is 0 Å². The standard InChI is InChI=1S/C22H29N3O4/c1-21(2)9-16(26)10-22(3,13-21)14-23-11-17-18(27)24-20(29)25(19(17)28)12-15-7-5-4-6-8-15/h4-8,11,16,26,28H,9-10,12-14H2,1-3H3,(H,24,27,29)/t16-,22+/m0/s1. The van der Waals surface area contributed by atoms with E-state index < -0.39 is 17.1 Å². The molecule has 1 fully saturated rings. The van der Waals surface area contributed by atoms with Gasteiger partial charge in [-0.25, -0.2) is 4.79 Å². The molecule has 156 valence electrons. The highest BCUT2D eigenvalue weighted by Gasteiger charge is 2.40. The fraction of sp³-hybridized carbons (Fsp3) is 0.500. The first-order valence-corrected chi connectivity index (χ1v) is 9.87. The average Bonchev–Trinajstić information content (AvgIpc) is 2.60. The van der Waals surface area contributed by atoms with E-state index in [-0.39, 0.29) is 29.0 Å². The summed E-state index contributed by atoms with van der Waals surface area (Å²) < 4.78 is 1.12. The molecule has 0 bridgehead atoms. The van der Waals surface area contributed by atoms with Crippen LogP contribution in [0.1, 0.15) is 51.2 Å². The lowest BCUT2D eigenvalue weighted by atomic mass is 9.63. The Morgan fingerprint density at radius 3 is 2.55 bits per heavy atom. The molecule has 7 nitrogen and oxygen atoms in total. The van der Waals surface area contributed by atoms with Crippen LogP contribution in [0.5, 0.6) is 5.88 Å². The van der Waals surface area contributed by atoms with Gasteiger partial charge in [-0.15, -0.1) is 0 Å². The number of aliphatic imine (C=N–C) groups is 1. The summed E-state index contributed by atoms with van der Waals surface area (Å²) >= 11 is 0. The molecule has 1 saturated carbocycles. The minimum atomic E-state index is -0.672. The SMILES string of the molecule is CC1(C)C[C@H](O)C[C@@](C)(CN=Cc2c(O)n(Cc3ccccc3)c(=O)[nH]c2=O)C1. The van der Waals surface area contributed by atoms with Crippen LogP contribution in [0.4, 0.5) is 0 Å². The molecule has 29 heavy (non-hydrogen) atoms. The Balaban J connectivity index is 1.84. The number of nitrogens with one attached hydrogen (secondary N) is 1. The average molecular weight is 399 g/mol. The number of aliphatic hydroxyl groups excluding tert-OH is 1. The zero-order chi connectivity index (χ0) is 21.2. The van der Waals surface area contributed by atoms with Crippen molar-refractivity contribution in [2.45, 2.75) is 52.7 Å². The summed E-state index contributed by atoms with van der Waals surface area (Å²) in [4.78, 5) is 31.0. The third kappa shape index (κ3) is 5.03. The van der Waals surface area contributed by atoms with Crippen LogP contribution >= 0.6 is 0 Å². The second kappa shape index (κ2) is 7.99. The molecule has 2 aromatic rings. The monoisotopic (exact) mass is 399 g/mol.